The van der Waals surface area contributed by atoms with Gasteiger partial charge in [-0.05, 0) is 30.9 Å². The average molecular weight is 450 g/mol. The topological polar surface area (TPSA) is 68.0 Å². The summed E-state index contributed by atoms with van der Waals surface area (Å²) < 4.78 is 16.6. The minimum atomic E-state index is -0.0452. The quantitative estimate of drug-likeness (QED) is 0.478. The molecule has 0 unspecified atom stereocenters. The highest BCUT2D eigenvalue weighted by Gasteiger charge is 2.22. The predicted octanol–water partition coefficient (Wildman–Crippen LogP) is 4.52. The number of piperidine rings is 1. The van der Waals surface area contributed by atoms with Crippen LogP contribution in [0, 0.1) is 0 Å². The fourth-order valence-electron chi connectivity index (χ4n) is 4.16. The SMILES string of the molecule is COc1ccc(CN(Cc2ccccc2)Cc2nc(C(=O)N3CCCCC3)co2)c(OC)c1. The molecule has 1 aromatic heterocycles. The fraction of sp³-hybridized carbons (Fsp3) is 0.385. The smallest absolute Gasteiger partial charge is 0.275 e. The van der Waals surface area contributed by atoms with Crippen molar-refractivity contribution in [3.05, 3.63) is 77.5 Å². The Morgan fingerprint density at radius 1 is 1.00 bits per heavy atom. The molecule has 0 spiro atoms. The molecule has 2 aromatic carbocycles. The van der Waals surface area contributed by atoms with E-state index in [9.17, 15) is 4.79 Å². The van der Waals surface area contributed by atoms with E-state index in [0.717, 1.165) is 43.0 Å². The molecule has 1 amide bonds. The van der Waals surface area contributed by atoms with Crippen LogP contribution >= 0.6 is 0 Å². The van der Waals surface area contributed by atoms with Crippen LogP contribution in [0.3, 0.4) is 0 Å². The largest absolute Gasteiger partial charge is 0.497 e. The number of carbonyl (C=O) groups is 1. The zero-order chi connectivity index (χ0) is 23.0. The van der Waals surface area contributed by atoms with Crippen molar-refractivity contribution in [1.29, 1.82) is 0 Å². The maximum absolute atomic E-state index is 12.8. The molecule has 1 aliphatic rings. The van der Waals surface area contributed by atoms with Gasteiger partial charge < -0.3 is 18.8 Å². The summed E-state index contributed by atoms with van der Waals surface area (Å²) in [7, 11) is 3.30. The second kappa shape index (κ2) is 11.0. The third kappa shape index (κ3) is 5.93. The molecule has 0 saturated carbocycles. The first-order valence-electron chi connectivity index (χ1n) is 11.4. The summed E-state index contributed by atoms with van der Waals surface area (Å²) in [6.07, 6.45) is 4.76. The molecule has 0 aliphatic carbocycles. The van der Waals surface area contributed by atoms with E-state index in [2.05, 4.69) is 22.0 Å². The van der Waals surface area contributed by atoms with Crippen molar-refractivity contribution >= 4 is 5.91 Å². The second-order valence-electron chi connectivity index (χ2n) is 8.29. The van der Waals surface area contributed by atoms with E-state index in [4.69, 9.17) is 13.9 Å². The maximum atomic E-state index is 12.8. The molecular weight excluding hydrogens is 418 g/mol. The lowest BCUT2D eigenvalue weighted by atomic mass is 10.1. The Bertz CT molecular complexity index is 1040. The Morgan fingerprint density at radius 3 is 2.52 bits per heavy atom. The van der Waals surface area contributed by atoms with Gasteiger partial charge in [0.1, 0.15) is 17.8 Å². The number of hydrogen-bond donors (Lipinski definition) is 0. The first-order chi connectivity index (χ1) is 16.2. The van der Waals surface area contributed by atoms with Crippen LogP contribution in [0.25, 0.3) is 0 Å². The molecule has 1 fully saturated rings. The number of hydrogen-bond acceptors (Lipinski definition) is 6. The van der Waals surface area contributed by atoms with Crippen molar-refractivity contribution < 1.29 is 18.7 Å². The number of ether oxygens (including phenoxy) is 2. The number of methoxy groups -OCH3 is 2. The van der Waals surface area contributed by atoms with Crippen LogP contribution in [0.5, 0.6) is 11.5 Å². The highest BCUT2D eigenvalue weighted by Crippen LogP contribution is 2.27. The van der Waals surface area contributed by atoms with Crippen LogP contribution in [0.4, 0.5) is 0 Å². The summed E-state index contributed by atoms with van der Waals surface area (Å²) in [6, 6.07) is 16.1. The number of nitrogens with zero attached hydrogens (tertiary/aromatic N) is 3. The first-order valence-corrected chi connectivity index (χ1v) is 11.4. The summed E-state index contributed by atoms with van der Waals surface area (Å²) in [5.74, 6) is 1.99. The van der Waals surface area contributed by atoms with Crippen LogP contribution in [0.2, 0.25) is 0 Å². The lowest BCUT2D eigenvalue weighted by Crippen LogP contribution is -2.35. The highest BCUT2D eigenvalue weighted by molar-refractivity contribution is 5.92. The normalized spacial score (nSPS) is 13.8. The standard InChI is InChI=1S/C26H31N3O4/c1-31-22-12-11-21(24(15-22)32-2)17-28(16-20-9-5-3-6-10-20)18-25-27-23(19-33-25)26(30)29-13-7-4-8-14-29/h3,5-6,9-12,15,19H,4,7-8,13-14,16-18H2,1-2H3. The van der Waals surface area contributed by atoms with E-state index in [-0.39, 0.29) is 5.91 Å². The van der Waals surface area contributed by atoms with Crippen LogP contribution in [-0.2, 0) is 19.6 Å². The summed E-state index contributed by atoms with van der Waals surface area (Å²) in [6.45, 7) is 3.38. The van der Waals surface area contributed by atoms with Gasteiger partial charge in [0.25, 0.3) is 5.91 Å². The third-order valence-corrected chi connectivity index (χ3v) is 5.91. The molecule has 0 radical (unpaired) electrons. The lowest BCUT2D eigenvalue weighted by molar-refractivity contribution is 0.0718. The van der Waals surface area contributed by atoms with Crippen molar-refractivity contribution in [1.82, 2.24) is 14.8 Å². The molecule has 33 heavy (non-hydrogen) atoms. The lowest BCUT2D eigenvalue weighted by Gasteiger charge is -2.25. The number of oxazole rings is 1. The van der Waals surface area contributed by atoms with Crippen molar-refractivity contribution in [3.63, 3.8) is 0 Å². The Hall–Kier alpha value is -3.32. The molecule has 174 valence electrons. The summed E-state index contributed by atoms with van der Waals surface area (Å²) in [5, 5.41) is 0. The zero-order valence-corrected chi connectivity index (χ0v) is 19.3. The Balaban J connectivity index is 1.52. The van der Waals surface area contributed by atoms with E-state index < -0.39 is 0 Å². The van der Waals surface area contributed by atoms with Crippen LogP contribution < -0.4 is 9.47 Å². The Morgan fingerprint density at radius 2 is 1.79 bits per heavy atom. The number of aromatic nitrogens is 1. The molecule has 4 rings (SSSR count). The van der Waals surface area contributed by atoms with Gasteiger partial charge in [-0.3, -0.25) is 9.69 Å². The highest BCUT2D eigenvalue weighted by atomic mass is 16.5. The summed E-state index contributed by atoms with van der Waals surface area (Å²) in [4.78, 5) is 21.4. The van der Waals surface area contributed by atoms with E-state index in [1.54, 1.807) is 14.2 Å². The summed E-state index contributed by atoms with van der Waals surface area (Å²) in [5.41, 5.74) is 2.60. The van der Waals surface area contributed by atoms with Gasteiger partial charge in [-0.1, -0.05) is 36.4 Å². The minimum absolute atomic E-state index is 0.0452. The number of likely N-dealkylation sites (tertiary alicyclic amines) is 1. The van der Waals surface area contributed by atoms with Gasteiger partial charge in [0, 0.05) is 37.8 Å². The van der Waals surface area contributed by atoms with Gasteiger partial charge in [0.2, 0.25) is 5.89 Å². The number of rotatable bonds is 9. The first kappa shape index (κ1) is 22.9. The fourth-order valence-corrected chi connectivity index (χ4v) is 4.16. The molecular formula is C26H31N3O4. The minimum Gasteiger partial charge on any atom is -0.497 e. The molecule has 1 aliphatic heterocycles. The average Bonchev–Trinajstić information content (AvgIpc) is 3.33. The van der Waals surface area contributed by atoms with Crippen molar-refractivity contribution in [2.24, 2.45) is 0 Å². The van der Waals surface area contributed by atoms with Gasteiger partial charge in [0.15, 0.2) is 5.69 Å². The Labute approximate surface area is 194 Å². The monoisotopic (exact) mass is 449 g/mol. The zero-order valence-electron chi connectivity index (χ0n) is 19.3. The molecule has 2 heterocycles. The molecule has 0 bridgehead atoms. The Kier molecular flexibility index (Phi) is 7.62. The van der Waals surface area contributed by atoms with Crippen LogP contribution in [-0.4, -0.2) is 48.0 Å². The number of amides is 1. The molecule has 7 nitrogen and oxygen atoms in total. The van der Waals surface area contributed by atoms with E-state index in [1.807, 2.05) is 41.3 Å². The molecule has 3 aromatic rings. The number of benzene rings is 2. The summed E-state index contributed by atoms with van der Waals surface area (Å²) >= 11 is 0. The second-order valence-corrected chi connectivity index (χ2v) is 8.29. The van der Waals surface area contributed by atoms with E-state index >= 15 is 0 Å². The van der Waals surface area contributed by atoms with E-state index in [1.165, 1.54) is 18.2 Å². The molecule has 0 atom stereocenters. The van der Waals surface area contributed by atoms with Crippen molar-refractivity contribution in [2.75, 3.05) is 27.3 Å². The maximum Gasteiger partial charge on any atom is 0.275 e. The molecule has 0 N–H and O–H groups in total. The molecule has 7 heteroatoms. The van der Waals surface area contributed by atoms with Gasteiger partial charge in [-0.25, -0.2) is 4.98 Å². The van der Waals surface area contributed by atoms with Crippen molar-refractivity contribution in [3.8, 4) is 11.5 Å². The van der Waals surface area contributed by atoms with Gasteiger partial charge in [0.05, 0.1) is 20.8 Å². The predicted molar refractivity (Wildman–Crippen MR) is 125 cm³/mol. The van der Waals surface area contributed by atoms with Crippen LogP contribution in [0.15, 0.2) is 59.2 Å². The third-order valence-electron chi connectivity index (χ3n) is 5.91. The van der Waals surface area contributed by atoms with Crippen molar-refractivity contribution in [2.45, 2.75) is 38.9 Å². The van der Waals surface area contributed by atoms with Gasteiger partial charge in [-0.2, -0.15) is 0 Å². The number of carbonyl (C=O) groups excluding carboxylic acids is 1. The van der Waals surface area contributed by atoms with Gasteiger partial charge in [-0.15, -0.1) is 0 Å². The van der Waals surface area contributed by atoms with Crippen LogP contribution in [0.1, 0.15) is 46.8 Å². The van der Waals surface area contributed by atoms with E-state index in [0.29, 0.717) is 31.2 Å². The molecule has 1 saturated heterocycles. The van der Waals surface area contributed by atoms with Gasteiger partial charge >= 0.3 is 0 Å².